The fraction of sp³-hybridized carbons (Fsp3) is 0.222. The minimum Gasteiger partial charge on any atom is -0.325 e. The van der Waals surface area contributed by atoms with Crippen molar-refractivity contribution in [3.05, 3.63) is 89.4 Å². The van der Waals surface area contributed by atoms with E-state index in [4.69, 9.17) is 0 Å². The van der Waals surface area contributed by atoms with Crippen LogP contribution in [-0.4, -0.2) is 50.6 Å². The number of carbonyl (C=O) groups is 1. The van der Waals surface area contributed by atoms with Gasteiger partial charge >= 0.3 is 0 Å². The van der Waals surface area contributed by atoms with Crippen molar-refractivity contribution in [3.63, 3.8) is 0 Å². The molecule has 1 saturated heterocycles. The first-order valence-electron chi connectivity index (χ1n) is 12.1. The third-order valence-corrected chi connectivity index (χ3v) is 7.58. The first-order chi connectivity index (χ1) is 17.6. The zero-order valence-corrected chi connectivity index (χ0v) is 19.6. The summed E-state index contributed by atoms with van der Waals surface area (Å²) in [4.78, 5) is 17.3. The molecule has 1 spiro atoms. The minimum atomic E-state index is -0.546. The van der Waals surface area contributed by atoms with E-state index < -0.39 is 5.41 Å². The lowest BCUT2D eigenvalue weighted by Gasteiger charge is -2.35. The number of allylic oxidation sites excluding steroid dienone is 2. The topological polar surface area (TPSA) is 96.3 Å². The fourth-order valence-corrected chi connectivity index (χ4v) is 5.58. The van der Waals surface area contributed by atoms with E-state index in [1.165, 1.54) is 5.06 Å². The van der Waals surface area contributed by atoms with E-state index >= 15 is 0 Å². The largest absolute Gasteiger partial charge is 0.325 e. The monoisotopic (exact) mass is 479 g/mol. The Labute approximate surface area is 207 Å². The van der Waals surface area contributed by atoms with Gasteiger partial charge in [-0.3, -0.25) is 15.2 Å². The van der Waals surface area contributed by atoms with Gasteiger partial charge in [0, 0.05) is 35.9 Å². The van der Waals surface area contributed by atoms with Crippen LogP contribution in [0.15, 0.2) is 77.8 Å². The third-order valence-electron chi connectivity index (χ3n) is 7.58. The predicted octanol–water partition coefficient (Wildman–Crippen LogP) is 3.37. The number of nitrogens with one attached hydrogen (secondary N) is 2. The molecule has 0 bridgehead atoms. The highest BCUT2D eigenvalue weighted by atomic mass is 16.5. The highest BCUT2D eigenvalue weighted by Gasteiger charge is 2.48. The van der Waals surface area contributed by atoms with Gasteiger partial charge in [-0.2, -0.15) is 10.2 Å². The fourth-order valence-electron chi connectivity index (χ4n) is 5.58. The van der Waals surface area contributed by atoms with Crippen LogP contribution in [0, 0.1) is 0 Å². The number of amides is 1. The molecule has 0 unspecified atom stereocenters. The van der Waals surface area contributed by atoms with Gasteiger partial charge in [-0.25, -0.2) is 10.0 Å². The Morgan fingerprint density at radius 3 is 2.83 bits per heavy atom. The molecule has 9 heteroatoms. The van der Waals surface area contributed by atoms with E-state index in [1.54, 1.807) is 12.5 Å². The Hall–Kier alpha value is -4.21. The second-order valence-electron chi connectivity index (χ2n) is 9.66. The summed E-state index contributed by atoms with van der Waals surface area (Å²) >= 11 is 0. The van der Waals surface area contributed by atoms with Crippen LogP contribution in [0.25, 0.3) is 16.6 Å². The Kier molecular flexibility index (Phi) is 4.63. The van der Waals surface area contributed by atoms with Crippen molar-refractivity contribution in [2.45, 2.75) is 24.8 Å². The van der Waals surface area contributed by atoms with Crippen molar-refractivity contribution in [2.75, 3.05) is 18.4 Å². The first-order valence-corrected chi connectivity index (χ1v) is 12.1. The van der Waals surface area contributed by atoms with Crippen LogP contribution in [0.4, 0.5) is 5.69 Å². The molecule has 36 heavy (non-hydrogen) atoms. The van der Waals surface area contributed by atoms with Crippen LogP contribution >= 0.6 is 0 Å². The second-order valence-corrected chi connectivity index (χ2v) is 9.66. The molecule has 3 aromatic rings. The van der Waals surface area contributed by atoms with Crippen molar-refractivity contribution in [1.82, 2.24) is 25.5 Å². The van der Waals surface area contributed by atoms with E-state index in [2.05, 4.69) is 51.2 Å². The summed E-state index contributed by atoms with van der Waals surface area (Å²) in [6.45, 7) is 1.64. The highest BCUT2D eigenvalue weighted by molar-refractivity contribution is 6.06. The molecule has 9 nitrogen and oxygen atoms in total. The van der Waals surface area contributed by atoms with Crippen LogP contribution in [0.5, 0.6) is 0 Å². The van der Waals surface area contributed by atoms with Gasteiger partial charge in [-0.05, 0) is 60.4 Å². The highest BCUT2D eigenvalue weighted by Crippen LogP contribution is 2.45. The number of hydrazine groups is 1. The normalized spacial score (nSPS) is 20.2. The van der Waals surface area contributed by atoms with E-state index in [-0.39, 0.29) is 5.91 Å². The average molecular weight is 480 g/mol. The molecule has 0 atom stereocenters. The second kappa shape index (κ2) is 7.91. The number of rotatable bonds is 3. The first kappa shape index (κ1) is 21.1. The molecule has 0 aliphatic carbocycles. The maximum absolute atomic E-state index is 12.9. The third kappa shape index (κ3) is 3.28. The van der Waals surface area contributed by atoms with Crippen molar-refractivity contribution < 1.29 is 10.0 Å². The number of pyridine rings is 1. The predicted molar refractivity (Wildman–Crippen MR) is 136 cm³/mol. The summed E-state index contributed by atoms with van der Waals surface area (Å²) < 4.78 is 0. The molecular weight excluding hydrogens is 454 g/mol. The van der Waals surface area contributed by atoms with E-state index in [0.717, 1.165) is 44.8 Å². The number of fused-ring (bicyclic) bond motifs is 4. The molecule has 0 radical (unpaired) electrons. The Balaban J connectivity index is 1.13. The zero-order chi connectivity index (χ0) is 24.3. The zero-order valence-electron chi connectivity index (χ0n) is 19.6. The minimum absolute atomic E-state index is 0.0299. The van der Waals surface area contributed by atoms with Crippen LogP contribution in [0.1, 0.15) is 29.5 Å². The lowest BCUT2D eigenvalue weighted by Crippen LogP contribution is -2.45. The molecule has 1 fully saturated rings. The van der Waals surface area contributed by atoms with Gasteiger partial charge in [-0.15, -0.1) is 0 Å². The molecule has 3 N–H and O–H groups in total. The van der Waals surface area contributed by atoms with Gasteiger partial charge in [0.25, 0.3) is 0 Å². The lowest BCUT2D eigenvalue weighted by molar-refractivity contribution is -0.135. The van der Waals surface area contributed by atoms with Gasteiger partial charge in [0.05, 0.1) is 23.2 Å². The quantitative estimate of drug-likeness (QED) is 0.530. The standard InChI is InChI=1S/C27H25N7O2/c35-26-27(9-12-32(36)13-10-27)21-5-4-20(15-24(21)30-26)23-7-8-25-33(29-17-34(25)31-23)16-18-3-6-22-19(14-18)2-1-11-28-22/h1-8,11,14-15,17,31,36H,9-10,12-13,16H2,(H,30,35). The Bertz CT molecular complexity index is 1490. The van der Waals surface area contributed by atoms with Crippen LogP contribution < -0.4 is 10.7 Å². The van der Waals surface area contributed by atoms with E-state index in [9.17, 15) is 10.0 Å². The molecule has 2 aromatic carbocycles. The molecule has 7 rings (SSSR count). The molecule has 180 valence electrons. The summed E-state index contributed by atoms with van der Waals surface area (Å²) in [5.74, 6) is 0.969. The SMILES string of the molecule is O=C1Nc2cc(C3=CC=C4N(Cc5ccc6ncccc6c5)N=CN4N3)ccc2C12CCN(O)CC2. The molecule has 1 amide bonds. The molecule has 4 aliphatic heterocycles. The smallest absolute Gasteiger partial charge is 0.235 e. The van der Waals surface area contributed by atoms with Gasteiger partial charge in [-0.1, -0.05) is 24.3 Å². The van der Waals surface area contributed by atoms with Crippen molar-refractivity contribution in [2.24, 2.45) is 5.10 Å². The number of benzene rings is 2. The Morgan fingerprint density at radius 1 is 1.06 bits per heavy atom. The summed E-state index contributed by atoms with van der Waals surface area (Å²) in [7, 11) is 0. The summed E-state index contributed by atoms with van der Waals surface area (Å²) in [5.41, 5.74) is 8.80. The van der Waals surface area contributed by atoms with Gasteiger partial charge in [0.15, 0.2) is 0 Å². The van der Waals surface area contributed by atoms with Crippen molar-refractivity contribution in [1.29, 1.82) is 0 Å². The molecular formula is C27H25N7O2. The lowest BCUT2D eigenvalue weighted by atomic mass is 9.74. The summed E-state index contributed by atoms with van der Waals surface area (Å²) in [5, 5.41) is 23.7. The van der Waals surface area contributed by atoms with Crippen LogP contribution in [-0.2, 0) is 16.8 Å². The summed E-state index contributed by atoms with van der Waals surface area (Å²) in [6, 6.07) is 16.4. The number of hydrogen-bond acceptors (Lipinski definition) is 8. The van der Waals surface area contributed by atoms with Gasteiger partial charge < -0.3 is 10.5 Å². The molecule has 5 heterocycles. The molecule has 1 aromatic heterocycles. The maximum atomic E-state index is 12.9. The Morgan fingerprint density at radius 2 is 1.94 bits per heavy atom. The summed E-state index contributed by atoms with van der Waals surface area (Å²) in [6.07, 6.45) is 8.89. The number of hydrogen-bond donors (Lipinski definition) is 3. The van der Waals surface area contributed by atoms with E-state index in [1.807, 2.05) is 40.4 Å². The number of hydroxylamine groups is 2. The number of hydrazone groups is 1. The number of aromatic nitrogens is 1. The molecule has 4 aliphatic rings. The van der Waals surface area contributed by atoms with Crippen molar-refractivity contribution in [3.8, 4) is 0 Å². The van der Waals surface area contributed by atoms with Crippen molar-refractivity contribution >= 4 is 34.5 Å². The van der Waals surface area contributed by atoms with E-state index in [0.29, 0.717) is 32.5 Å². The number of carbonyl (C=O) groups excluding carboxylic acids is 1. The van der Waals surface area contributed by atoms with Gasteiger partial charge in [0.1, 0.15) is 12.2 Å². The molecule has 0 saturated carbocycles. The number of anilines is 1. The number of nitrogens with zero attached hydrogens (tertiary/aromatic N) is 5. The van der Waals surface area contributed by atoms with Gasteiger partial charge in [0.2, 0.25) is 5.91 Å². The maximum Gasteiger partial charge on any atom is 0.235 e. The number of piperidine rings is 1. The van der Waals surface area contributed by atoms with Crippen LogP contribution in [0.2, 0.25) is 0 Å². The average Bonchev–Trinajstić information content (AvgIpc) is 3.43. The van der Waals surface area contributed by atoms with Crippen LogP contribution in [0.3, 0.4) is 0 Å².